The summed E-state index contributed by atoms with van der Waals surface area (Å²) in [5.74, 6) is 3.60. The van der Waals surface area contributed by atoms with Crippen molar-refractivity contribution in [3.8, 4) is 23.8 Å². The molecule has 2 aromatic carbocycles. The summed E-state index contributed by atoms with van der Waals surface area (Å²) in [6, 6.07) is 23.2. The normalized spacial score (nSPS) is 11.2. The molecule has 3 aromatic heterocycles. The highest BCUT2D eigenvalue weighted by molar-refractivity contribution is 6.00. The Morgan fingerprint density at radius 2 is 1.81 bits per heavy atom. The number of aromatic nitrogens is 2. The van der Waals surface area contributed by atoms with E-state index >= 15 is 0 Å². The lowest BCUT2D eigenvalue weighted by molar-refractivity contribution is 0.0923. The van der Waals surface area contributed by atoms with Gasteiger partial charge in [-0.25, -0.2) is 5.43 Å². The number of fused-ring (bicyclic) bond motifs is 1. The molecular formula is C30H26N4O3. The summed E-state index contributed by atoms with van der Waals surface area (Å²) in [5, 5.41) is 5.10. The van der Waals surface area contributed by atoms with Crippen LogP contribution in [0.3, 0.4) is 0 Å². The highest BCUT2D eigenvalue weighted by Crippen LogP contribution is 2.22. The average Bonchev–Trinajstić information content (AvgIpc) is 3.61. The lowest BCUT2D eigenvalue weighted by atomic mass is 10.2. The largest absolute Gasteiger partial charge is 0.486 e. The van der Waals surface area contributed by atoms with Gasteiger partial charge in [-0.2, -0.15) is 5.10 Å². The molecule has 0 spiro atoms. The van der Waals surface area contributed by atoms with E-state index in [-0.39, 0.29) is 12.4 Å². The van der Waals surface area contributed by atoms with Crippen LogP contribution in [0.2, 0.25) is 0 Å². The predicted octanol–water partition coefficient (Wildman–Crippen LogP) is 5.62. The molecule has 5 rings (SSSR count). The van der Waals surface area contributed by atoms with Crippen LogP contribution in [0.5, 0.6) is 5.75 Å². The van der Waals surface area contributed by atoms with Crippen molar-refractivity contribution in [1.82, 2.24) is 14.6 Å². The highest BCUT2D eigenvalue weighted by atomic mass is 16.5. The fourth-order valence-electron chi connectivity index (χ4n) is 4.32. The fourth-order valence-corrected chi connectivity index (χ4v) is 4.32. The van der Waals surface area contributed by atoms with Gasteiger partial charge in [0.25, 0.3) is 0 Å². The van der Waals surface area contributed by atoms with Crippen LogP contribution in [-0.2, 0) is 13.2 Å². The third kappa shape index (κ3) is 5.04. The molecule has 0 radical (unpaired) electrons. The fraction of sp³-hybridized carbons (Fsp3) is 0.133. The summed E-state index contributed by atoms with van der Waals surface area (Å²) < 4.78 is 15.6. The van der Waals surface area contributed by atoms with E-state index < -0.39 is 5.91 Å². The number of ether oxygens (including phenoxy) is 1. The molecule has 1 amide bonds. The Balaban J connectivity index is 1.18. The Labute approximate surface area is 215 Å². The first kappa shape index (κ1) is 23.8. The van der Waals surface area contributed by atoms with E-state index in [0.29, 0.717) is 18.1 Å². The number of carbonyl (C=O) groups is 1. The molecule has 0 atom stereocenters. The van der Waals surface area contributed by atoms with Gasteiger partial charge in [0.05, 0.1) is 12.8 Å². The standard InChI is InChI=1S/C30H26N4O3/c1-4-17-33-19-23(27-7-5-6-8-28(27)33)18-31-32-30(35)29-16-15-26(37-29)20-36-25-13-11-24(12-14-25)34-21(2)9-10-22(34)3/h1,5-16,18-19H,17,20H2,2-3H3,(H,32,35)/b31-18+. The number of hydrogen-bond acceptors (Lipinski definition) is 4. The molecule has 0 fully saturated rings. The van der Waals surface area contributed by atoms with Crippen molar-refractivity contribution in [2.75, 3.05) is 0 Å². The van der Waals surface area contributed by atoms with Gasteiger partial charge in [-0.1, -0.05) is 24.1 Å². The van der Waals surface area contributed by atoms with Gasteiger partial charge in [0, 0.05) is 39.7 Å². The van der Waals surface area contributed by atoms with Crippen molar-refractivity contribution in [3.63, 3.8) is 0 Å². The van der Waals surface area contributed by atoms with E-state index in [9.17, 15) is 4.79 Å². The number of terminal acetylenes is 1. The minimum atomic E-state index is -0.448. The van der Waals surface area contributed by atoms with E-state index in [1.165, 1.54) is 11.4 Å². The molecule has 7 nitrogen and oxygen atoms in total. The molecule has 0 aliphatic rings. The van der Waals surface area contributed by atoms with Crippen LogP contribution in [0.25, 0.3) is 16.6 Å². The van der Waals surface area contributed by atoms with Crippen molar-refractivity contribution >= 4 is 23.0 Å². The number of amides is 1. The lowest BCUT2D eigenvalue weighted by Gasteiger charge is -2.10. The molecule has 0 aliphatic carbocycles. The number of hydrazone groups is 1. The van der Waals surface area contributed by atoms with Gasteiger partial charge in [0.15, 0.2) is 5.76 Å². The van der Waals surface area contributed by atoms with E-state index in [1.54, 1.807) is 18.3 Å². The Bertz CT molecular complexity index is 1610. The van der Waals surface area contributed by atoms with Crippen molar-refractivity contribution in [2.45, 2.75) is 27.0 Å². The second-order valence-electron chi connectivity index (χ2n) is 8.63. The Morgan fingerprint density at radius 3 is 2.57 bits per heavy atom. The van der Waals surface area contributed by atoms with E-state index in [2.05, 4.69) is 47.0 Å². The van der Waals surface area contributed by atoms with Crippen LogP contribution in [0, 0.1) is 26.2 Å². The summed E-state index contributed by atoms with van der Waals surface area (Å²) in [7, 11) is 0. The van der Waals surface area contributed by atoms with E-state index in [1.807, 2.05) is 59.3 Å². The Kier molecular flexibility index (Phi) is 6.64. The molecule has 3 heterocycles. The average molecular weight is 491 g/mol. The van der Waals surface area contributed by atoms with E-state index in [4.69, 9.17) is 15.6 Å². The molecule has 0 unspecified atom stereocenters. The minimum absolute atomic E-state index is 0.152. The quantitative estimate of drug-likeness (QED) is 0.174. The Hall–Kier alpha value is -4.96. The molecule has 37 heavy (non-hydrogen) atoms. The van der Waals surface area contributed by atoms with Crippen molar-refractivity contribution in [3.05, 3.63) is 107 Å². The zero-order valence-electron chi connectivity index (χ0n) is 20.6. The number of hydrogen-bond donors (Lipinski definition) is 1. The number of aryl methyl sites for hydroxylation is 2. The molecule has 7 heteroatoms. The summed E-state index contributed by atoms with van der Waals surface area (Å²) in [4.78, 5) is 12.5. The van der Waals surface area contributed by atoms with Gasteiger partial charge in [-0.05, 0) is 68.4 Å². The number of rotatable bonds is 8. The van der Waals surface area contributed by atoms with Crippen LogP contribution in [0.1, 0.15) is 33.3 Å². The molecular weight excluding hydrogens is 464 g/mol. The molecule has 0 saturated heterocycles. The van der Waals surface area contributed by atoms with Crippen LogP contribution < -0.4 is 10.2 Å². The number of para-hydroxylation sites is 1. The Morgan fingerprint density at radius 1 is 1.05 bits per heavy atom. The van der Waals surface area contributed by atoms with Gasteiger partial charge in [-0.3, -0.25) is 4.79 Å². The maximum atomic E-state index is 12.5. The van der Waals surface area contributed by atoms with Gasteiger partial charge >= 0.3 is 5.91 Å². The molecule has 0 bridgehead atoms. The molecule has 184 valence electrons. The second-order valence-corrected chi connectivity index (χ2v) is 8.63. The number of nitrogens with zero attached hydrogens (tertiary/aromatic N) is 3. The maximum absolute atomic E-state index is 12.5. The minimum Gasteiger partial charge on any atom is -0.486 e. The summed E-state index contributed by atoms with van der Waals surface area (Å²) in [6.07, 6.45) is 8.98. The number of furan rings is 1. The first-order valence-electron chi connectivity index (χ1n) is 11.8. The summed E-state index contributed by atoms with van der Waals surface area (Å²) in [6.45, 7) is 4.81. The second kappa shape index (κ2) is 10.3. The van der Waals surface area contributed by atoms with Gasteiger partial charge in [-0.15, -0.1) is 6.42 Å². The maximum Gasteiger partial charge on any atom is 0.307 e. The monoisotopic (exact) mass is 490 g/mol. The molecule has 0 aliphatic heterocycles. The number of nitrogens with one attached hydrogen (secondary N) is 1. The SMILES string of the molecule is C#CCn1cc(/C=N/NC(=O)c2ccc(COc3ccc(-n4c(C)ccc4C)cc3)o2)c2ccccc21. The zero-order valence-corrected chi connectivity index (χ0v) is 20.6. The van der Waals surface area contributed by atoms with Gasteiger partial charge in [0.1, 0.15) is 18.1 Å². The van der Waals surface area contributed by atoms with E-state index in [0.717, 1.165) is 22.2 Å². The van der Waals surface area contributed by atoms with Crippen LogP contribution in [-0.4, -0.2) is 21.3 Å². The zero-order chi connectivity index (χ0) is 25.8. The third-order valence-electron chi connectivity index (χ3n) is 6.08. The number of benzene rings is 2. The first-order valence-corrected chi connectivity index (χ1v) is 11.8. The van der Waals surface area contributed by atoms with Crippen molar-refractivity contribution in [1.29, 1.82) is 0 Å². The van der Waals surface area contributed by atoms with Gasteiger partial charge in [0.2, 0.25) is 0 Å². The first-order chi connectivity index (χ1) is 18.0. The molecule has 5 aromatic rings. The summed E-state index contributed by atoms with van der Waals surface area (Å²) in [5.41, 5.74) is 7.80. The van der Waals surface area contributed by atoms with Crippen LogP contribution in [0.4, 0.5) is 0 Å². The van der Waals surface area contributed by atoms with Crippen molar-refractivity contribution < 1.29 is 13.9 Å². The van der Waals surface area contributed by atoms with Crippen molar-refractivity contribution in [2.24, 2.45) is 5.10 Å². The summed E-state index contributed by atoms with van der Waals surface area (Å²) >= 11 is 0. The smallest absolute Gasteiger partial charge is 0.307 e. The topological polar surface area (TPSA) is 73.7 Å². The lowest BCUT2D eigenvalue weighted by Crippen LogP contribution is -2.16. The van der Waals surface area contributed by atoms with Crippen LogP contribution >= 0.6 is 0 Å². The van der Waals surface area contributed by atoms with Gasteiger partial charge < -0.3 is 18.3 Å². The third-order valence-corrected chi connectivity index (χ3v) is 6.08. The van der Waals surface area contributed by atoms with Crippen LogP contribution in [0.15, 0.2) is 88.5 Å². The predicted molar refractivity (Wildman–Crippen MR) is 144 cm³/mol. The number of carbonyl (C=O) groups excluding carboxylic acids is 1. The highest BCUT2D eigenvalue weighted by Gasteiger charge is 2.12. The molecule has 1 N–H and O–H groups in total. The molecule has 0 saturated carbocycles.